The zero-order valence-corrected chi connectivity index (χ0v) is 21.7. The van der Waals surface area contributed by atoms with Crippen molar-refractivity contribution in [2.45, 2.75) is 50.5 Å². The summed E-state index contributed by atoms with van der Waals surface area (Å²) in [6.07, 6.45) is 2.05. The van der Waals surface area contributed by atoms with Crippen molar-refractivity contribution in [1.29, 1.82) is 0 Å². The van der Waals surface area contributed by atoms with E-state index in [4.69, 9.17) is 21.3 Å². The summed E-state index contributed by atoms with van der Waals surface area (Å²) in [6, 6.07) is 11.4. The number of carbonyl (C=O) groups is 1. The summed E-state index contributed by atoms with van der Waals surface area (Å²) >= 11 is 5.49. The number of alkyl halides is 1. The molecular formula is C25H31ClN4O4S. The van der Waals surface area contributed by atoms with Crippen LogP contribution in [0.3, 0.4) is 0 Å². The molecule has 10 heteroatoms. The quantitative estimate of drug-likeness (QED) is 0.440. The number of benzene rings is 2. The van der Waals surface area contributed by atoms with Gasteiger partial charge < -0.3 is 14.6 Å². The Balaban J connectivity index is 1.60. The number of aromatic nitrogens is 2. The van der Waals surface area contributed by atoms with Crippen molar-refractivity contribution in [2.24, 2.45) is 5.92 Å². The van der Waals surface area contributed by atoms with Gasteiger partial charge in [0.15, 0.2) is 0 Å². The Labute approximate surface area is 211 Å². The monoisotopic (exact) mass is 518 g/mol. The summed E-state index contributed by atoms with van der Waals surface area (Å²) in [5.74, 6) is 0.969. The van der Waals surface area contributed by atoms with E-state index in [-0.39, 0.29) is 22.1 Å². The van der Waals surface area contributed by atoms with Crippen LogP contribution in [-0.2, 0) is 31.5 Å². The summed E-state index contributed by atoms with van der Waals surface area (Å²) in [5, 5.41) is 2.59. The number of imidazole rings is 1. The first kappa shape index (κ1) is 25.5. The number of halogens is 1. The van der Waals surface area contributed by atoms with E-state index in [0.29, 0.717) is 17.3 Å². The van der Waals surface area contributed by atoms with Gasteiger partial charge in [-0.2, -0.15) is 0 Å². The number of nitrogens with one attached hydrogen (secondary N) is 2. The number of amides is 1. The molecule has 4 rings (SSSR count). The smallest absolute Gasteiger partial charge is 0.261 e. The van der Waals surface area contributed by atoms with Crippen molar-refractivity contribution in [1.82, 2.24) is 9.55 Å². The minimum Gasteiger partial charge on any atom is -0.381 e. The van der Waals surface area contributed by atoms with Crippen LogP contribution in [-0.4, -0.2) is 43.0 Å². The Morgan fingerprint density at radius 3 is 2.40 bits per heavy atom. The first-order valence-corrected chi connectivity index (χ1v) is 13.7. The zero-order chi connectivity index (χ0) is 25.2. The van der Waals surface area contributed by atoms with E-state index in [1.165, 1.54) is 24.3 Å². The maximum absolute atomic E-state index is 13.0. The molecule has 1 saturated heterocycles. The number of anilines is 2. The topological polar surface area (TPSA) is 102 Å². The normalized spacial score (nSPS) is 15.3. The number of carbonyl (C=O) groups excluding carboxylic acids is 1. The molecule has 0 saturated carbocycles. The maximum atomic E-state index is 13.0. The van der Waals surface area contributed by atoms with E-state index < -0.39 is 10.0 Å². The fourth-order valence-corrected chi connectivity index (χ4v) is 5.38. The third-order valence-corrected chi connectivity index (χ3v) is 7.66. The lowest BCUT2D eigenvalue weighted by Crippen LogP contribution is -2.25. The van der Waals surface area contributed by atoms with Crippen molar-refractivity contribution in [2.75, 3.05) is 29.1 Å². The predicted molar refractivity (Wildman–Crippen MR) is 139 cm³/mol. The van der Waals surface area contributed by atoms with Gasteiger partial charge in [0.2, 0.25) is 5.91 Å². The van der Waals surface area contributed by atoms with E-state index in [1.807, 2.05) is 6.07 Å². The van der Waals surface area contributed by atoms with Crippen molar-refractivity contribution < 1.29 is 17.9 Å². The fraction of sp³-hybridized carbons (Fsp3) is 0.440. The number of hydrogen-bond acceptors (Lipinski definition) is 5. The standard InChI is InChI=1S/C25H31ClN4O4S/c1-25(2,3)24-28-21-14-19(6-9-22(21)30(24)16-17-10-12-34-13-11-17)29-35(32,33)20-7-4-18(5-8-20)27-23(31)15-26/h4-9,14,17,29H,10-13,15-16H2,1-3H3,(H,27,31). The number of rotatable bonds is 7. The predicted octanol–water partition coefficient (Wildman–Crippen LogP) is 4.74. The zero-order valence-electron chi connectivity index (χ0n) is 20.2. The number of hydrogen-bond donors (Lipinski definition) is 2. The first-order chi connectivity index (χ1) is 16.6. The molecule has 3 aromatic rings. The molecule has 0 bridgehead atoms. The van der Waals surface area contributed by atoms with E-state index in [0.717, 1.165) is 49.5 Å². The van der Waals surface area contributed by atoms with Gasteiger partial charge in [-0.1, -0.05) is 20.8 Å². The van der Waals surface area contributed by atoms with Crippen LogP contribution < -0.4 is 10.0 Å². The average Bonchev–Trinajstić information content (AvgIpc) is 3.18. The summed E-state index contributed by atoms with van der Waals surface area (Å²) in [5.41, 5.74) is 2.49. The lowest BCUT2D eigenvalue weighted by Gasteiger charge is -2.26. The van der Waals surface area contributed by atoms with Gasteiger partial charge >= 0.3 is 0 Å². The Kier molecular flexibility index (Phi) is 7.40. The number of ether oxygens (including phenoxy) is 1. The molecule has 1 aliphatic heterocycles. The van der Waals surface area contributed by atoms with E-state index in [2.05, 4.69) is 35.4 Å². The molecule has 1 amide bonds. The largest absolute Gasteiger partial charge is 0.381 e. The minimum absolute atomic E-state index is 0.0851. The molecule has 0 aliphatic carbocycles. The number of nitrogens with zero attached hydrogens (tertiary/aromatic N) is 2. The molecular weight excluding hydrogens is 488 g/mol. The second kappa shape index (κ2) is 10.2. The van der Waals surface area contributed by atoms with Gasteiger partial charge in [0.1, 0.15) is 11.7 Å². The van der Waals surface area contributed by atoms with E-state index in [9.17, 15) is 13.2 Å². The molecule has 1 fully saturated rings. The molecule has 0 radical (unpaired) electrons. The molecule has 0 unspecified atom stereocenters. The van der Waals surface area contributed by atoms with Crippen molar-refractivity contribution in [3.8, 4) is 0 Å². The van der Waals surface area contributed by atoms with Gasteiger partial charge in [0.25, 0.3) is 10.0 Å². The lowest BCUT2D eigenvalue weighted by atomic mass is 9.94. The van der Waals surface area contributed by atoms with Crippen molar-refractivity contribution >= 4 is 49.9 Å². The Morgan fingerprint density at radius 1 is 1.11 bits per heavy atom. The molecule has 1 aliphatic rings. The molecule has 0 atom stereocenters. The highest BCUT2D eigenvalue weighted by Crippen LogP contribution is 2.31. The minimum atomic E-state index is -3.82. The van der Waals surface area contributed by atoms with Crippen LogP contribution in [0.4, 0.5) is 11.4 Å². The maximum Gasteiger partial charge on any atom is 0.261 e. The summed E-state index contributed by atoms with van der Waals surface area (Å²) in [4.78, 5) is 16.4. The first-order valence-electron chi connectivity index (χ1n) is 11.6. The van der Waals surface area contributed by atoms with Gasteiger partial charge in [0, 0.05) is 30.9 Å². The van der Waals surface area contributed by atoms with Gasteiger partial charge in [0.05, 0.1) is 21.6 Å². The van der Waals surface area contributed by atoms with Crippen LogP contribution >= 0.6 is 11.6 Å². The van der Waals surface area contributed by atoms with Crippen LogP contribution in [0, 0.1) is 5.92 Å². The van der Waals surface area contributed by atoms with Crippen LogP contribution in [0.1, 0.15) is 39.4 Å². The third-order valence-electron chi connectivity index (χ3n) is 6.02. The second-order valence-corrected chi connectivity index (χ2v) is 11.8. The van der Waals surface area contributed by atoms with Gasteiger partial charge in [-0.05, 0) is 61.2 Å². The van der Waals surface area contributed by atoms with Crippen molar-refractivity contribution in [3.05, 3.63) is 48.3 Å². The number of sulfonamides is 1. The molecule has 188 valence electrons. The van der Waals surface area contributed by atoms with Crippen LogP contribution in [0.2, 0.25) is 0 Å². The summed E-state index contributed by atoms with van der Waals surface area (Å²) < 4.78 is 36.4. The highest BCUT2D eigenvalue weighted by molar-refractivity contribution is 7.92. The lowest BCUT2D eigenvalue weighted by molar-refractivity contribution is -0.113. The van der Waals surface area contributed by atoms with Gasteiger partial charge in [-0.3, -0.25) is 9.52 Å². The van der Waals surface area contributed by atoms with Gasteiger partial charge in [-0.15, -0.1) is 11.6 Å². The molecule has 35 heavy (non-hydrogen) atoms. The highest BCUT2D eigenvalue weighted by atomic mass is 35.5. The Hall–Kier alpha value is -2.62. The van der Waals surface area contributed by atoms with Crippen molar-refractivity contribution in [3.63, 3.8) is 0 Å². The Bertz CT molecular complexity index is 1310. The van der Waals surface area contributed by atoms with Crippen LogP contribution in [0.15, 0.2) is 47.4 Å². The Morgan fingerprint density at radius 2 is 1.77 bits per heavy atom. The highest BCUT2D eigenvalue weighted by Gasteiger charge is 2.26. The summed E-state index contributed by atoms with van der Waals surface area (Å²) in [7, 11) is -3.82. The second-order valence-electron chi connectivity index (χ2n) is 9.87. The molecule has 8 nitrogen and oxygen atoms in total. The molecule has 2 heterocycles. The number of fused-ring (bicyclic) bond motifs is 1. The van der Waals surface area contributed by atoms with Gasteiger partial charge in [-0.25, -0.2) is 13.4 Å². The molecule has 2 aromatic carbocycles. The van der Waals surface area contributed by atoms with E-state index in [1.54, 1.807) is 12.1 Å². The molecule has 0 spiro atoms. The van der Waals surface area contributed by atoms with Crippen LogP contribution in [0.5, 0.6) is 0 Å². The average molecular weight is 519 g/mol. The SMILES string of the molecule is CC(C)(C)c1nc2cc(NS(=O)(=O)c3ccc(NC(=O)CCl)cc3)ccc2n1CC1CCOCC1. The molecule has 1 aromatic heterocycles. The van der Waals surface area contributed by atoms with E-state index >= 15 is 0 Å². The third kappa shape index (κ3) is 5.97. The van der Waals surface area contributed by atoms with Crippen LogP contribution in [0.25, 0.3) is 11.0 Å². The summed E-state index contributed by atoms with van der Waals surface area (Å²) in [6.45, 7) is 8.85. The fourth-order valence-electron chi connectivity index (χ4n) is 4.26. The molecule has 2 N–H and O–H groups in total.